The molecule has 0 bridgehead atoms. The maximum Gasteiger partial charge on any atom is 0.299 e. The zero-order valence-corrected chi connectivity index (χ0v) is 25.7. The number of aliphatic hydroxyl groups is 2. The topological polar surface area (TPSA) is 254 Å². The third-order valence-corrected chi connectivity index (χ3v) is 6.19. The number of nitro groups is 2. The number of non-ortho nitro benzene ring substituents is 1. The highest BCUT2D eigenvalue weighted by atomic mass is 16.6. The molecule has 0 heterocycles. The summed E-state index contributed by atoms with van der Waals surface area (Å²) in [6.45, 7) is 0.449. The van der Waals surface area contributed by atoms with Gasteiger partial charge < -0.3 is 45.7 Å². The van der Waals surface area contributed by atoms with Crippen LogP contribution >= 0.6 is 0 Å². The van der Waals surface area contributed by atoms with Gasteiger partial charge >= 0.3 is 0 Å². The number of nitro benzene ring substituents is 2. The summed E-state index contributed by atoms with van der Waals surface area (Å²) in [5, 5.41) is 53.4. The average Bonchev–Trinajstić information content (AvgIpc) is 3.05. The quantitative estimate of drug-likeness (QED) is 0.0325. The lowest BCUT2D eigenvalue weighted by atomic mass is 9.97. The Balaban J connectivity index is 2.37. The van der Waals surface area contributed by atoms with E-state index < -0.39 is 63.8 Å². The minimum atomic E-state index is -1.33. The molecule has 0 saturated carbocycles. The van der Waals surface area contributed by atoms with Crippen molar-refractivity contribution in [2.45, 2.75) is 43.9 Å². The van der Waals surface area contributed by atoms with Crippen molar-refractivity contribution in [3.05, 3.63) is 38.4 Å². The number of terminal acetylenes is 2. The number of nitrogens with zero attached hydrogens (tertiary/aromatic N) is 2. The van der Waals surface area contributed by atoms with Crippen LogP contribution in [0.2, 0.25) is 0 Å². The number of anilines is 1. The molecule has 1 rings (SSSR count). The Bertz CT molecular complexity index is 1230. The van der Waals surface area contributed by atoms with Crippen LogP contribution in [0.5, 0.6) is 0 Å². The van der Waals surface area contributed by atoms with Gasteiger partial charge in [-0.05, 0) is 18.9 Å². The lowest BCUT2D eigenvalue weighted by molar-refractivity contribution is -0.393. The van der Waals surface area contributed by atoms with Crippen molar-refractivity contribution in [1.29, 1.82) is 0 Å². The number of nitrogens with one attached hydrogen (secondary N) is 4. The molecule has 6 N–H and O–H groups in total. The lowest BCUT2D eigenvalue weighted by Crippen LogP contribution is -2.52. The number of amides is 3. The maximum absolute atomic E-state index is 12.5. The molecular weight excluding hydrogens is 624 g/mol. The summed E-state index contributed by atoms with van der Waals surface area (Å²) >= 11 is 0. The second-order valence-corrected chi connectivity index (χ2v) is 9.69. The predicted molar refractivity (Wildman–Crippen MR) is 167 cm³/mol. The largest absolute Gasteiger partial charge is 0.391 e. The van der Waals surface area contributed by atoms with Crippen LogP contribution in [0, 0.1) is 44.9 Å². The third-order valence-electron chi connectivity index (χ3n) is 6.19. The Morgan fingerprint density at radius 1 is 0.809 bits per heavy atom. The molecule has 47 heavy (non-hydrogen) atoms. The number of rotatable bonds is 25. The highest BCUT2D eigenvalue weighted by Gasteiger charge is 2.29. The fourth-order valence-electron chi connectivity index (χ4n) is 3.87. The molecule has 1 aromatic rings. The molecule has 258 valence electrons. The van der Waals surface area contributed by atoms with Crippen LogP contribution in [0.25, 0.3) is 0 Å². The first-order valence-electron chi connectivity index (χ1n) is 14.5. The Hall–Kier alpha value is -4.85. The Kier molecular flexibility index (Phi) is 20.1. The minimum absolute atomic E-state index is 0.0106. The first-order chi connectivity index (χ1) is 22.5. The van der Waals surface area contributed by atoms with Crippen molar-refractivity contribution < 1.29 is 48.7 Å². The first-order valence-corrected chi connectivity index (χ1v) is 14.5. The zero-order valence-electron chi connectivity index (χ0n) is 25.7. The van der Waals surface area contributed by atoms with Crippen LogP contribution < -0.4 is 21.3 Å². The molecule has 0 fully saturated rings. The normalized spacial score (nSPS) is 12.4. The standard InChI is InChI=1S/C29H40N6O12/c1-3-11-31-26(38)9-7-24(36)29(25(37)8-10-27(39)32-12-4-2)33-28(40)20-47-18-17-46-16-15-45-14-13-30-22-6-5-21(34(41)42)19-23(22)35(43)44/h1-2,5-6,19,24-25,29-30,36-37H,7-18,20H2,(H,31,38)(H,32,39)(H,33,40). The van der Waals surface area contributed by atoms with E-state index in [-0.39, 0.29) is 84.0 Å². The number of benzene rings is 1. The van der Waals surface area contributed by atoms with Gasteiger partial charge in [0.25, 0.3) is 11.4 Å². The van der Waals surface area contributed by atoms with E-state index in [1.54, 1.807) is 0 Å². The van der Waals surface area contributed by atoms with Gasteiger partial charge in [-0.3, -0.25) is 34.6 Å². The molecule has 2 atom stereocenters. The number of carbonyl (C=O) groups is 3. The third kappa shape index (κ3) is 17.4. The number of hydrogen-bond acceptors (Lipinski definition) is 13. The van der Waals surface area contributed by atoms with Crippen molar-refractivity contribution in [1.82, 2.24) is 16.0 Å². The van der Waals surface area contributed by atoms with Crippen LogP contribution in [0.15, 0.2) is 18.2 Å². The number of carbonyl (C=O) groups excluding carboxylic acids is 3. The molecule has 0 aliphatic heterocycles. The van der Waals surface area contributed by atoms with Crippen LogP contribution in [0.4, 0.5) is 17.1 Å². The Morgan fingerprint density at radius 2 is 1.34 bits per heavy atom. The fourth-order valence-corrected chi connectivity index (χ4v) is 3.87. The Labute approximate surface area is 271 Å². The van der Waals surface area contributed by atoms with Crippen molar-refractivity contribution >= 4 is 34.8 Å². The summed E-state index contributed by atoms with van der Waals surface area (Å²) in [5.41, 5.74) is -0.710. The molecule has 2 unspecified atom stereocenters. The predicted octanol–water partition coefficient (Wildman–Crippen LogP) is -0.769. The van der Waals surface area contributed by atoms with Gasteiger partial charge in [-0.15, -0.1) is 12.8 Å². The molecular formula is C29H40N6O12. The van der Waals surface area contributed by atoms with E-state index >= 15 is 0 Å². The highest BCUT2D eigenvalue weighted by Crippen LogP contribution is 2.28. The summed E-state index contributed by atoms with van der Waals surface area (Å²) in [4.78, 5) is 56.7. The van der Waals surface area contributed by atoms with Gasteiger partial charge in [0.2, 0.25) is 17.7 Å². The van der Waals surface area contributed by atoms with Crippen LogP contribution in [0.1, 0.15) is 25.7 Å². The van der Waals surface area contributed by atoms with E-state index in [2.05, 4.69) is 33.1 Å². The van der Waals surface area contributed by atoms with E-state index in [4.69, 9.17) is 27.1 Å². The molecule has 0 aliphatic carbocycles. The van der Waals surface area contributed by atoms with Gasteiger partial charge in [0.05, 0.1) is 80.3 Å². The molecule has 0 spiro atoms. The van der Waals surface area contributed by atoms with E-state index in [1.165, 1.54) is 6.07 Å². The van der Waals surface area contributed by atoms with Gasteiger partial charge in [-0.25, -0.2) is 0 Å². The van der Waals surface area contributed by atoms with Gasteiger partial charge in [-0.2, -0.15) is 0 Å². The summed E-state index contributed by atoms with van der Waals surface area (Å²) in [6.07, 6.45) is 7.08. The summed E-state index contributed by atoms with van der Waals surface area (Å²) in [5.74, 6) is 2.99. The van der Waals surface area contributed by atoms with Gasteiger partial charge in [0.1, 0.15) is 12.3 Å². The molecule has 0 aromatic heterocycles. The molecule has 0 saturated heterocycles. The average molecular weight is 665 g/mol. The summed E-state index contributed by atoms with van der Waals surface area (Å²) in [7, 11) is 0. The summed E-state index contributed by atoms with van der Waals surface area (Å²) in [6, 6.07) is 2.06. The first kappa shape index (κ1) is 40.2. The second-order valence-electron chi connectivity index (χ2n) is 9.69. The molecule has 0 radical (unpaired) electrons. The fraction of sp³-hybridized carbons (Fsp3) is 0.552. The van der Waals surface area contributed by atoms with E-state index in [1.807, 2.05) is 0 Å². The van der Waals surface area contributed by atoms with Crippen LogP contribution in [-0.4, -0.2) is 115 Å². The Morgan fingerprint density at radius 3 is 1.85 bits per heavy atom. The van der Waals surface area contributed by atoms with Crippen LogP contribution in [-0.2, 0) is 28.6 Å². The molecule has 1 aromatic carbocycles. The smallest absolute Gasteiger partial charge is 0.299 e. The molecule has 0 aliphatic rings. The van der Waals surface area contributed by atoms with Gasteiger partial charge in [-0.1, -0.05) is 11.8 Å². The van der Waals surface area contributed by atoms with Crippen molar-refractivity contribution in [2.75, 3.05) is 64.6 Å². The zero-order chi connectivity index (χ0) is 35.0. The van der Waals surface area contributed by atoms with Crippen molar-refractivity contribution in [3.8, 4) is 24.7 Å². The van der Waals surface area contributed by atoms with E-state index in [9.17, 15) is 44.8 Å². The number of hydrogen-bond donors (Lipinski definition) is 6. The lowest BCUT2D eigenvalue weighted by Gasteiger charge is -2.28. The monoisotopic (exact) mass is 664 g/mol. The van der Waals surface area contributed by atoms with E-state index in [0.717, 1.165) is 12.1 Å². The second kappa shape index (κ2) is 23.5. The van der Waals surface area contributed by atoms with Crippen molar-refractivity contribution in [2.24, 2.45) is 0 Å². The van der Waals surface area contributed by atoms with Crippen molar-refractivity contribution in [3.63, 3.8) is 0 Å². The number of ether oxygens (including phenoxy) is 3. The van der Waals surface area contributed by atoms with Gasteiger partial charge in [0.15, 0.2) is 0 Å². The molecule has 3 amide bonds. The maximum atomic E-state index is 12.5. The molecule has 18 heteroatoms. The molecule has 18 nitrogen and oxygen atoms in total. The summed E-state index contributed by atoms with van der Waals surface area (Å²) < 4.78 is 16.0. The SMILES string of the molecule is C#CCNC(=O)CCC(O)C(NC(=O)COCCOCCOCCNc1ccc([N+](=O)[O-])cc1[N+](=O)[O-])C(O)CCC(=O)NCC#C. The highest BCUT2D eigenvalue weighted by molar-refractivity contribution is 5.78. The van der Waals surface area contributed by atoms with Gasteiger partial charge in [0, 0.05) is 25.5 Å². The minimum Gasteiger partial charge on any atom is -0.391 e. The van der Waals surface area contributed by atoms with Crippen LogP contribution in [0.3, 0.4) is 0 Å². The van der Waals surface area contributed by atoms with E-state index in [0.29, 0.717) is 0 Å². The number of aliphatic hydroxyl groups excluding tert-OH is 2.